The summed E-state index contributed by atoms with van der Waals surface area (Å²) in [5.41, 5.74) is 5.76. The van der Waals surface area contributed by atoms with Crippen molar-refractivity contribution in [3.63, 3.8) is 0 Å². The van der Waals surface area contributed by atoms with Crippen LogP contribution in [0, 0.1) is 37.5 Å². The van der Waals surface area contributed by atoms with Crippen molar-refractivity contribution >= 4 is 27.3 Å². The number of para-hydroxylation sites is 1. The van der Waals surface area contributed by atoms with Crippen LogP contribution in [0.5, 0.6) is 0 Å². The minimum atomic E-state index is -3.86. The van der Waals surface area contributed by atoms with Crippen molar-refractivity contribution in [2.75, 3.05) is 55.6 Å². The summed E-state index contributed by atoms with van der Waals surface area (Å²) in [7, 11) is -3.86. The third-order valence-electron chi connectivity index (χ3n) is 8.65. The summed E-state index contributed by atoms with van der Waals surface area (Å²) in [6.07, 6.45) is 10.8. The molecule has 1 amide bonds. The number of carbonyl (C=O) groups excluding carboxylic acids is 1. The molecule has 0 radical (unpaired) electrons. The summed E-state index contributed by atoms with van der Waals surface area (Å²) in [6.45, 7) is 12.4. The Bertz CT molecular complexity index is 1630. The standard InChI is InChI=1S/C34H42N6O3S/c1-6-11-30(27(7-2)24-35)37-16-14-28(15-17-37)40(8-3)32-23-29(25(4)22-26(32)5)34(41)39-20-18-38(19-21-39)31-12-9-10-13-33(31)44(36,42)43/h1,7,9-13,22-23,28H,8,14-21H2,2-5H3,(H2,36,42,43)/b27-7-,30-11+. The highest BCUT2D eigenvalue weighted by molar-refractivity contribution is 7.89. The fraction of sp³-hybridized carbons (Fsp3) is 0.412. The Hall–Kier alpha value is -4.25. The van der Waals surface area contributed by atoms with Crippen molar-refractivity contribution in [3.05, 3.63) is 76.5 Å². The van der Waals surface area contributed by atoms with Crippen LogP contribution in [0.3, 0.4) is 0 Å². The maximum absolute atomic E-state index is 13.9. The lowest BCUT2D eigenvalue weighted by atomic mass is 9.97. The average Bonchev–Trinajstić information content (AvgIpc) is 3.02. The zero-order valence-electron chi connectivity index (χ0n) is 26.1. The molecule has 4 rings (SSSR count). The van der Waals surface area contributed by atoms with Crippen molar-refractivity contribution in [2.45, 2.75) is 51.5 Å². The Morgan fingerprint density at radius 2 is 1.73 bits per heavy atom. The molecule has 2 aromatic carbocycles. The van der Waals surface area contributed by atoms with Crippen LogP contribution in [0.1, 0.15) is 48.2 Å². The number of nitriles is 1. The molecule has 0 bridgehead atoms. The summed E-state index contributed by atoms with van der Waals surface area (Å²) in [5.74, 6) is 2.57. The van der Waals surface area contributed by atoms with E-state index in [1.54, 1.807) is 30.4 Å². The topological polar surface area (TPSA) is 114 Å². The van der Waals surface area contributed by atoms with Crippen LogP contribution in [0.25, 0.3) is 0 Å². The van der Waals surface area contributed by atoms with Gasteiger partial charge in [0.2, 0.25) is 10.0 Å². The van der Waals surface area contributed by atoms with Crippen molar-refractivity contribution < 1.29 is 13.2 Å². The molecule has 44 heavy (non-hydrogen) atoms. The summed E-state index contributed by atoms with van der Waals surface area (Å²) in [4.78, 5) is 22.4. The second-order valence-corrected chi connectivity index (χ2v) is 12.8. The van der Waals surface area contributed by atoms with Crippen LogP contribution in [-0.4, -0.2) is 76.0 Å². The van der Waals surface area contributed by atoms with Gasteiger partial charge in [-0.25, -0.2) is 13.6 Å². The molecule has 0 aliphatic carbocycles. The molecule has 2 aliphatic heterocycles. The molecule has 9 nitrogen and oxygen atoms in total. The molecular weight excluding hydrogens is 572 g/mol. The molecule has 0 saturated carbocycles. The number of nitrogens with zero attached hydrogens (tertiary/aromatic N) is 5. The third-order valence-corrected chi connectivity index (χ3v) is 9.61. The Morgan fingerprint density at radius 3 is 2.30 bits per heavy atom. The van der Waals surface area contributed by atoms with Gasteiger partial charge in [0.1, 0.15) is 11.0 Å². The highest BCUT2D eigenvalue weighted by atomic mass is 32.2. The van der Waals surface area contributed by atoms with Crippen LogP contribution >= 0.6 is 0 Å². The van der Waals surface area contributed by atoms with Crippen molar-refractivity contribution in [2.24, 2.45) is 5.14 Å². The van der Waals surface area contributed by atoms with E-state index in [2.05, 4.69) is 41.7 Å². The Balaban J connectivity index is 1.49. The Labute approximate surface area is 262 Å². The first-order valence-electron chi connectivity index (χ1n) is 15.1. The second-order valence-electron chi connectivity index (χ2n) is 11.3. The number of hydrogen-bond acceptors (Lipinski definition) is 7. The first kappa shape index (κ1) is 32.7. The van der Waals surface area contributed by atoms with E-state index in [4.69, 9.17) is 11.6 Å². The van der Waals surface area contributed by atoms with E-state index in [0.29, 0.717) is 43.0 Å². The number of nitrogens with two attached hydrogens (primary N) is 1. The van der Waals surface area contributed by atoms with E-state index < -0.39 is 10.0 Å². The fourth-order valence-electron chi connectivity index (χ4n) is 6.39. The van der Waals surface area contributed by atoms with Gasteiger partial charge in [-0.3, -0.25) is 4.79 Å². The van der Waals surface area contributed by atoms with Gasteiger partial charge in [0.05, 0.1) is 17.0 Å². The van der Waals surface area contributed by atoms with Gasteiger partial charge < -0.3 is 19.6 Å². The van der Waals surface area contributed by atoms with Crippen LogP contribution in [0.2, 0.25) is 0 Å². The van der Waals surface area contributed by atoms with Crippen molar-refractivity contribution in [1.82, 2.24) is 9.80 Å². The molecule has 2 aliphatic rings. The normalized spacial score (nSPS) is 16.8. The average molecular weight is 615 g/mol. The molecule has 2 saturated heterocycles. The van der Waals surface area contributed by atoms with E-state index in [1.807, 2.05) is 29.7 Å². The SMILES string of the molecule is C#C/C=C(\C(C#N)=C/C)N1CCC(N(CC)c2cc(C(=O)N3CCN(c4ccccc4S(N)(=O)=O)CC3)c(C)cc2C)CC1. The van der Waals surface area contributed by atoms with Crippen LogP contribution in [-0.2, 0) is 10.0 Å². The summed E-state index contributed by atoms with van der Waals surface area (Å²) in [5, 5.41) is 15.0. The lowest BCUT2D eigenvalue weighted by Crippen LogP contribution is -2.49. The highest BCUT2D eigenvalue weighted by Crippen LogP contribution is 2.32. The maximum Gasteiger partial charge on any atom is 0.254 e. The minimum Gasteiger partial charge on any atom is -0.370 e. The van der Waals surface area contributed by atoms with Gasteiger partial charge in [0, 0.05) is 69.2 Å². The van der Waals surface area contributed by atoms with Gasteiger partial charge in [0.15, 0.2) is 0 Å². The number of benzene rings is 2. The molecule has 0 unspecified atom stereocenters. The zero-order valence-corrected chi connectivity index (χ0v) is 26.9. The smallest absolute Gasteiger partial charge is 0.254 e. The molecular formula is C34H42N6O3S. The fourth-order valence-corrected chi connectivity index (χ4v) is 7.15. The number of primary sulfonamides is 1. The number of carbonyl (C=O) groups is 1. The molecule has 10 heteroatoms. The number of sulfonamides is 1. The van der Waals surface area contributed by atoms with Crippen molar-refractivity contribution in [1.29, 1.82) is 5.26 Å². The molecule has 0 spiro atoms. The number of terminal acetylenes is 1. The number of hydrogen-bond donors (Lipinski definition) is 1. The summed E-state index contributed by atoms with van der Waals surface area (Å²) < 4.78 is 24.3. The molecule has 2 aromatic rings. The van der Waals surface area contributed by atoms with Crippen LogP contribution in [0.4, 0.5) is 11.4 Å². The number of amides is 1. The first-order chi connectivity index (χ1) is 21.0. The van der Waals surface area contributed by atoms with E-state index in [9.17, 15) is 18.5 Å². The van der Waals surface area contributed by atoms with Gasteiger partial charge in [-0.05, 0) is 69.9 Å². The molecule has 2 heterocycles. The Morgan fingerprint density at radius 1 is 1.07 bits per heavy atom. The largest absolute Gasteiger partial charge is 0.370 e. The van der Waals surface area contributed by atoms with Gasteiger partial charge in [-0.2, -0.15) is 5.26 Å². The first-order valence-corrected chi connectivity index (χ1v) is 16.6. The van der Waals surface area contributed by atoms with Gasteiger partial charge in [-0.1, -0.05) is 30.2 Å². The van der Waals surface area contributed by atoms with E-state index in [1.165, 1.54) is 6.07 Å². The predicted molar refractivity (Wildman–Crippen MR) is 176 cm³/mol. The third kappa shape index (κ3) is 6.93. The number of piperazine rings is 1. The van der Waals surface area contributed by atoms with Gasteiger partial charge >= 0.3 is 0 Å². The lowest BCUT2D eigenvalue weighted by Gasteiger charge is -2.41. The lowest BCUT2D eigenvalue weighted by molar-refractivity contribution is 0.0746. The number of rotatable bonds is 8. The van der Waals surface area contributed by atoms with Gasteiger partial charge in [-0.15, -0.1) is 6.42 Å². The van der Waals surface area contributed by atoms with Gasteiger partial charge in [0.25, 0.3) is 5.91 Å². The minimum absolute atomic E-state index is 0.0200. The molecule has 0 aromatic heterocycles. The molecule has 232 valence electrons. The molecule has 2 fully saturated rings. The van der Waals surface area contributed by atoms with E-state index in [-0.39, 0.29) is 16.8 Å². The quantitative estimate of drug-likeness (QED) is 0.270. The number of piperidine rings is 1. The zero-order chi connectivity index (χ0) is 32.0. The highest BCUT2D eigenvalue weighted by Gasteiger charge is 2.30. The number of allylic oxidation sites excluding steroid dienone is 3. The van der Waals surface area contributed by atoms with Crippen LogP contribution in [0.15, 0.2) is 64.7 Å². The van der Waals surface area contributed by atoms with E-state index >= 15 is 0 Å². The van der Waals surface area contributed by atoms with Crippen molar-refractivity contribution in [3.8, 4) is 18.4 Å². The molecule has 0 atom stereocenters. The maximum atomic E-state index is 13.9. The number of likely N-dealkylation sites (tertiary alicyclic amines) is 1. The number of anilines is 2. The van der Waals surface area contributed by atoms with E-state index in [0.717, 1.165) is 55.0 Å². The monoisotopic (exact) mass is 614 g/mol. The Kier molecular flexibility index (Phi) is 10.4. The summed E-state index contributed by atoms with van der Waals surface area (Å²) >= 11 is 0. The predicted octanol–water partition coefficient (Wildman–Crippen LogP) is 4.19. The second kappa shape index (κ2) is 14.0. The summed E-state index contributed by atoms with van der Waals surface area (Å²) in [6, 6.07) is 13.4. The van der Waals surface area contributed by atoms with Crippen LogP contribution < -0.4 is 14.9 Å². The molecule has 2 N–H and O–H groups in total. The number of aryl methyl sites for hydroxylation is 2.